The van der Waals surface area contributed by atoms with Crippen LogP contribution in [0.1, 0.15) is 39.8 Å². The summed E-state index contributed by atoms with van der Waals surface area (Å²) in [6, 6.07) is 4.29. The first-order chi connectivity index (χ1) is 9.44. The van der Waals surface area contributed by atoms with Gasteiger partial charge in [-0.2, -0.15) is 0 Å². The van der Waals surface area contributed by atoms with Gasteiger partial charge in [-0.25, -0.2) is 0 Å². The van der Waals surface area contributed by atoms with Gasteiger partial charge in [0.05, 0.1) is 11.8 Å². The monoisotopic (exact) mass is 277 g/mol. The summed E-state index contributed by atoms with van der Waals surface area (Å²) in [4.78, 5) is 6.86. The fraction of sp³-hybridized carbons (Fsp3) is 0.688. The lowest BCUT2D eigenvalue weighted by atomic mass is 10.1. The van der Waals surface area contributed by atoms with Crippen molar-refractivity contribution < 1.29 is 4.74 Å². The Morgan fingerprint density at radius 2 is 2.25 bits per heavy atom. The van der Waals surface area contributed by atoms with Crippen LogP contribution in [0.4, 0.5) is 5.69 Å². The smallest absolute Gasteiger partial charge is 0.0721 e. The van der Waals surface area contributed by atoms with Crippen molar-refractivity contribution in [3.63, 3.8) is 0 Å². The molecule has 1 N–H and O–H groups in total. The molecule has 1 aliphatic rings. The molecule has 1 saturated heterocycles. The molecule has 1 aromatic rings. The number of aromatic nitrogens is 1. The van der Waals surface area contributed by atoms with Crippen molar-refractivity contribution in [1.29, 1.82) is 0 Å². The molecule has 4 heteroatoms. The number of nitrogens with one attached hydrogen (secondary N) is 1. The zero-order valence-corrected chi connectivity index (χ0v) is 13.1. The lowest BCUT2D eigenvalue weighted by Gasteiger charge is -2.25. The van der Waals surface area contributed by atoms with E-state index >= 15 is 0 Å². The molecule has 0 aliphatic carbocycles. The molecular formula is C16H27N3O. The van der Waals surface area contributed by atoms with Crippen LogP contribution >= 0.6 is 0 Å². The molecule has 0 bridgehead atoms. The molecular weight excluding hydrogens is 250 g/mol. The van der Waals surface area contributed by atoms with Gasteiger partial charge in [0, 0.05) is 43.7 Å². The van der Waals surface area contributed by atoms with E-state index in [4.69, 9.17) is 4.74 Å². The molecule has 1 atom stereocenters. The van der Waals surface area contributed by atoms with Crippen LogP contribution in [0.2, 0.25) is 0 Å². The highest BCUT2D eigenvalue weighted by atomic mass is 16.5. The Hall–Kier alpha value is -1.13. The molecule has 0 saturated carbocycles. The molecule has 0 aromatic carbocycles. The predicted molar refractivity (Wildman–Crippen MR) is 83.1 cm³/mol. The summed E-state index contributed by atoms with van der Waals surface area (Å²) < 4.78 is 5.71. The van der Waals surface area contributed by atoms with Crippen molar-refractivity contribution in [2.75, 3.05) is 24.6 Å². The fourth-order valence-corrected chi connectivity index (χ4v) is 2.34. The van der Waals surface area contributed by atoms with Crippen molar-refractivity contribution in [3.8, 4) is 0 Å². The SMILES string of the molecule is CC1CN(c2ccnc(CNC(C)(C)C)c2)CCCO1. The van der Waals surface area contributed by atoms with Crippen molar-refractivity contribution in [1.82, 2.24) is 10.3 Å². The van der Waals surface area contributed by atoms with E-state index < -0.39 is 0 Å². The molecule has 2 rings (SSSR count). The third-order valence-corrected chi connectivity index (χ3v) is 3.42. The van der Waals surface area contributed by atoms with E-state index in [0.717, 1.165) is 38.4 Å². The predicted octanol–water partition coefficient (Wildman–Crippen LogP) is 2.58. The number of nitrogens with zero attached hydrogens (tertiary/aromatic N) is 2. The minimum atomic E-state index is 0.114. The van der Waals surface area contributed by atoms with Crippen LogP contribution in [0.5, 0.6) is 0 Å². The average Bonchev–Trinajstić information content (AvgIpc) is 2.61. The molecule has 0 radical (unpaired) electrons. The number of hydrogen-bond donors (Lipinski definition) is 1. The minimum Gasteiger partial charge on any atom is -0.377 e. The van der Waals surface area contributed by atoms with E-state index in [1.807, 2.05) is 6.20 Å². The quantitative estimate of drug-likeness (QED) is 0.921. The van der Waals surface area contributed by atoms with Gasteiger partial charge in [-0.05, 0) is 46.2 Å². The second kappa shape index (κ2) is 6.55. The van der Waals surface area contributed by atoms with Crippen LogP contribution < -0.4 is 10.2 Å². The maximum absolute atomic E-state index is 5.71. The first kappa shape index (κ1) is 15.3. The number of rotatable bonds is 3. The van der Waals surface area contributed by atoms with Crippen molar-refractivity contribution in [2.45, 2.75) is 52.3 Å². The Labute approximate surface area is 122 Å². The first-order valence-electron chi connectivity index (χ1n) is 7.50. The Bertz CT molecular complexity index is 428. The minimum absolute atomic E-state index is 0.114. The van der Waals surface area contributed by atoms with E-state index in [2.05, 4.69) is 55.0 Å². The highest BCUT2D eigenvalue weighted by molar-refractivity contribution is 5.46. The van der Waals surface area contributed by atoms with Gasteiger partial charge in [0.25, 0.3) is 0 Å². The summed E-state index contributed by atoms with van der Waals surface area (Å²) in [6.45, 7) is 12.3. The maximum Gasteiger partial charge on any atom is 0.0721 e. The maximum atomic E-state index is 5.71. The molecule has 0 spiro atoms. The molecule has 1 fully saturated rings. The Balaban J connectivity index is 2.04. The van der Waals surface area contributed by atoms with Crippen LogP contribution in [-0.2, 0) is 11.3 Å². The van der Waals surface area contributed by atoms with E-state index in [1.54, 1.807) is 0 Å². The van der Waals surface area contributed by atoms with Crippen LogP contribution in [-0.4, -0.2) is 36.3 Å². The zero-order valence-electron chi connectivity index (χ0n) is 13.1. The molecule has 1 aromatic heterocycles. The summed E-state index contributed by atoms with van der Waals surface area (Å²) in [7, 11) is 0. The summed E-state index contributed by atoms with van der Waals surface area (Å²) in [5, 5.41) is 3.48. The second-order valence-corrected chi connectivity index (χ2v) is 6.59. The Morgan fingerprint density at radius 1 is 1.45 bits per heavy atom. The van der Waals surface area contributed by atoms with E-state index in [9.17, 15) is 0 Å². The Morgan fingerprint density at radius 3 is 3.00 bits per heavy atom. The van der Waals surface area contributed by atoms with Crippen molar-refractivity contribution in [3.05, 3.63) is 24.0 Å². The second-order valence-electron chi connectivity index (χ2n) is 6.59. The standard InChI is InChI=1S/C16H27N3O/c1-13-12-19(8-5-9-20-13)15-6-7-17-14(10-15)11-18-16(2,3)4/h6-7,10,13,18H,5,8-9,11-12H2,1-4H3. The van der Waals surface area contributed by atoms with E-state index in [-0.39, 0.29) is 5.54 Å². The van der Waals surface area contributed by atoms with Gasteiger partial charge in [-0.15, -0.1) is 0 Å². The van der Waals surface area contributed by atoms with Crippen LogP contribution in [0, 0.1) is 0 Å². The number of ether oxygens (including phenoxy) is 1. The van der Waals surface area contributed by atoms with Gasteiger partial charge in [-0.1, -0.05) is 0 Å². The molecule has 2 heterocycles. The molecule has 112 valence electrons. The number of hydrogen-bond acceptors (Lipinski definition) is 4. The lowest BCUT2D eigenvalue weighted by Crippen LogP contribution is -2.35. The third-order valence-electron chi connectivity index (χ3n) is 3.42. The van der Waals surface area contributed by atoms with Crippen LogP contribution in [0.15, 0.2) is 18.3 Å². The zero-order chi connectivity index (χ0) is 14.6. The normalized spacial score (nSPS) is 20.8. The highest BCUT2D eigenvalue weighted by Gasteiger charge is 2.16. The third kappa shape index (κ3) is 4.76. The summed E-state index contributed by atoms with van der Waals surface area (Å²) in [5.41, 5.74) is 2.46. The summed E-state index contributed by atoms with van der Waals surface area (Å²) in [5.74, 6) is 0. The average molecular weight is 277 g/mol. The Kier molecular flexibility index (Phi) is 5.00. The first-order valence-corrected chi connectivity index (χ1v) is 7.50. The van der Waals surface area contributed by atoms with Crippen LogP contribution in [0.25, 0.3) is 0 Å². The van der Waals surface area contributed by atoms with E-state index in [1.165, 1.54) is 5.69 Å². The molecule has 1 aliphatic heterocycles. The van der Waals surface area contributed by atoms with Crippen molar-refractivity contribution in [2.24, 2.45) is 0 Å². The lowest BCUT2D eigenvalue weighted by molar-refractivity contribution is 0.0821. The van der Waals surface area contributed by atoms with Crippen LogP contribution in [0.3, 0.4) is 0 Å². The highest BCUT2D eigenvalue weighted by Crippen LogP contribution is 2.18. The summed E-state index contributed by atoms with van der Waals surface area (Å²) >= 11 is 0. The van der Waals surface area contributed by atoms with Gasteiger partial charge in [0.2, 0.25) is 0 Å². The number of anilines is 1. The topological polar surface area (TPSA) is 37.4 Å². The van der Waals surface area contributed by atoms with Gasteiger partial charge in [0.1, 0.15) is 0 Å². The summed E-state index contributed by atoms with van der Waals surface area (Å²) in [6.07, 6.45) is 3.29. The largest absolute Gasteiger partial charge is 0.377 e. The fourth-order valence-electron chi connectivity index (χ4n) is 2.34. The van der Waals surface area contributed by atoms with E-state index in [0.29, 0.717) is 6.10 Å². The molecule has 4 nitrogen and oxygen atoms in total. The van der Waals surface area contributed by atoms with Crippen molar-refractivity contribution >= 4 is 5.69 Å². The van der Waals surface area contributed by atoms with Gasteiger partial charge in [-0.3, -0.25) is 4.98 Å². The van der Waals surface area contributed by atoms with Gasteiger partial charge < -0.3 is 15.0 Å². The van der Waals surface area contributed by atoms with Gasteiger partial charge in [0.15, 0.2) is 0 Å². The number of pyridine rings is 1. The molecule has 20 heavy (non-hydrogen) atoms. The molecule has 1 unspecified atom stereocenters. The van der Waals surface area contributed by atoms with Gasteiger partial charge >= 0.3 is 0 Å². The molecule has 0 amide bonds.